The maximum absolute atomic E-state index is 12.4. The number of amides is 1. The minimum atomic E-state index is -0.454. The molecule has 0 aliphatic rings. The molecule has 0 radical (unpaired) electrons. The molecule has 0 aliphatic heterocycles. The van der Waals surface area contributed by atoms with Crippen molar-refractivity contribution in [1.82, 2.24) is 9.99 Å². The largest absolute Gasteiger partial charge is 0.484 e. The maximum atomic E-state index is 12.4. The van der Waals surface area contributed by atoms with Crippen molar-refractivity contribution in [3.63, 3.8) is 0 Å². The molecule has 0 unspecified atom stereocenters. The predicted octanol–water partition coefficient (Wildman–Crippen LogP) is 5.02. The van der Waals surface area contributed by atoms with Crippen LogP contribution in [0.15, 0.2) is 105 Å². The van der Waals surface area contributed by atoms with Gasteiger partial charge in [0.25, 0.3) is 5.91 Å². The molecule has 1 amide bonds. The van der Waals surface area contributed by atoms with Crippen LogP contribution < -0.4 is 20.6 Å². The number of carbonyl (C=O) groups is 1. The number of benzene rings is 3. The molecule has 3 aromatic carbocycles. The molecule has 2 heterocycles. The van der Waals surface area contributed by atoms with Crippen LogP contribution in [0.1, 0.15) is 6.92 Å². The zero-order valence-electron chi connectivity index (χ0n) is 19.5. The van der Waals surface area contributed by atoms with Crippen LogP contribution in [-0.4, -0.2) is 17.1 Å². The lowest BCUT2D eigenvalue weighted by Gasteiger charge is -2.09. The highest BCUT2D eigenvalue weighted by atomic mass is 32.1. The van der Waals surface area contributed by atoms with Crippen molar-refractivity contribution in [3.8, 4) is 28.1 Å². The van der Waals surface area contributed by atoms with E-state index in [4.69, 9.17) is 9.15 Å². The van der Waals surface area contributed by atoms with Crippen molar-refractivity contribution in [1.29, 1.82) is 0 Å². The van der Waals surface area contributed by atoms with Crippen LogP contribution in [0, 0.1) is 0 Å². The lowest BCUT2D eigenvalue weighted by Crippen LogP contribution is -2.28. The average molecular weight is 498 g/mol. The van der Waals surface area contributed by atoms with Gasteiger partial charge in [-0.05, 0) is 35.7 Å². The van der Waals surface area contributed by atoms with E-state index in [1.165, 1.54) is 17.4 Å². The number of nitrogens with zero attached hydrogens (tertiary/aromatic N) is 2. The molecule has 5 aromatic rings. The summed E-state index contributed by atoms with van der Waals surface area (Å²) in [5, 5.41) is 7.09. The standard InChI is InChI=1S/C28H23N3O4S/c1-2-31-24(20-11-7-4-8-12-20)18-36-28(31)30-29-26(32)17-34-21-13-14-22-23(19-9-5-3-6-10-19)16-27(33)35-25(22)15-21/h3-16,18H,2,17H2,1H3,(H,29,32)/b30-28-. The Kier molecular flexibility index (Phi) is 6.77. The first kappa shape index (κ1) is 23.3. The molecule has 2 aromatic heterocycles. The van der Waals surface area contributed by atoms with E-state index in [2.05, 4.69) is 10.5 Å². The summed E-state index contributed by atoms with van der Waals surface area (Å²) < 4.78 is 13.1. The number of ether oxygens (including phenoxy) is 1. The molecule has 0 aliphatic carbocycles. The van der Waals surface area contributed by atoms with Crippen LogP contribution in [-0.2, 0) is 11.3 Å². The number of nitrogens with one attached hydrogen (secondary N) is 1. The van der Waals surface area contributed by atoms with Crippen LogP contribution in [0.4, 0.5) is 0 Å². The molecule has 0 saturated carbocycles. The molecular weight excluding hydrogens is 474 g/mol. The SMILES string of the molecule is CCn1c(-c2ccccc2)cs/c1=N\NC(=O)COc1ccc2c(-c3ccccc3)cc(=O)oc2c1. The molecular formula is C28H23N3O4S. The Bertz CT molecular complexity index is 1640. The van der Waals surface area contributed by atoms with Gasteiger partial charge < -0.3 is 13.7 Å². The molecule has 8 heteroatoms. The fourth-order valence-corrected chi connectivity index (χ4v) is 4.88. The van der Waals surface area contributed by atoms with Gasteiger partial charge in [-0.2, -0.15) is 0 Å². The van der Waals surface area contributed by atoms with Gasteiger partial charge in [-0.1, -0.05) is 60.7 Å². The lowest BCUT2D eigenvalue weighted by molar-refractivity contribution is -0.123. The minimum absolute atomic E-state index is 0.235. The zero-order valence-corrected chi connectivity index (χ0v) is 20.3. The third kappa shape index (κ3) is 4.99. The molecule has 180 valence electrons. The highest BCUT2D eigenvalue weighted by Gasteiger charge is 2.11. The Hall–Kier alpha value is -4.43. The number of aromatic nitrogens is 1. The highest BCUT2D eigenvalue weighted by Crippen LogP contribution is 2.29. The fraction of sp³-hybridized carbons (Fsp3) is 0.107. The normalized spacial score (nSPS) is 11.5. The molecule has 5 rings (SSSR count). The van der Waals surface area contributed by atoms with E-state index in [1.54, 1.807) is 12.1 Å². The fourth-order valence-electron chi connectivity index (χ4n) is 3.94. The van der Waals surface area contributed by atoms with Gasteiger partial charge >= 0.3 is 5.63 Å². The van der Waals surface area contributed by atoms with E-state index in [-0.39, 0.29) is 6.61 Å². The molecule has 1 N–H and O–H groups in total. The van der Waals surface area contributed by atoms with E-state index in [9.17, 15) is 9.59 Å². The van der Waals surface area contributed by atoms with Gasteiger partial charge in [0.1, 0.15) is 11.3 Å². The van der Waals surface area contributed by atoms with Crippen LogP contribution >= 0.6 is 11.3 Å². The second-order valence-corrected chi connectivity index (χ2v) is 8.79. The molecule has 7 nitrogen and oxygen atoms in total. The van der Waals surface area contributed by atoms with Crippen molar-refractivity contribution in [2.24, 2.45) is 5.10 Å². The minimum Gasteiger partial charge on any atom is -0.484 e. The number of thiazole rings is 1. The predicted molar refractivity (Wildman–Crippen MR) is 141 cm³/mol. The summed E-state index contributed by atoms with van der Waals surface area (Å²) in [6, 6.07) is 26.3. The smallest absolute Gasteiger partial charge is 0.336 e. The topological polar surface area (TPSA) is 85.8 Å². The van der Waals surface area contributed by atoms with Gasteiger partial charge in [0.15, 0.2) is 6.61 Å². The van der Waals surface area contributed by atoms with Gasteiger partial charge in [0.05, 0.1) is 5.69 Å². The first-order valence-electron chi connectivity index (χ1n) is 11.4. The third-order valence-electron chi connectivity index (χ3n) is 5.63. The number of fused-ring (bicyclic) bond motifs is 1. The first-order valence-corrected chi connectivity index (χ1v) is 12.3. The monoisotopic (exact) mass is 497 g/mol. The van der Waals surface area contributed by atoms with Crippen LogP contribution in [0.2, 0.25) is 0 Å². The van der Waals surface area contributed by atoms with E-state index < -0.39 is 11.5 Å². The third-order valence-corrected chi connectivity index (χ3v) is 6.49. The zero-order chi connectivity index (χ0) is 24.9. The molecule has 0 bridgehead atoms. The van der Waals surface area contributed by atoms with Crippen molar-refractivity contribution in [3.05, 3.63) is 106 Å². The van der Waals surface area contributed by atoms with Crippen LogP contribution in [0.3, 0.4) is 0 Å². The quantitative estimate of drug-likeness (QED) is 0.253. The van der Waals surface area contributed by atoms with Crippen molar-refractivity contribution in [2.45, 2.75) is 13.5 Å². The Morgan fingerprint density at radius 1 is 1.00 bits per heavy atom. The van der Waals surface area contributed by atoms with E-state index in [1.807, 2.05) is 83.6 Å². The summed E-state index contributed by atoms with van der Waals surface area (Å²) >= 11 is 1.45. The summed E-state index contributed by atoms with van der Waals surface area (Å²) in [4.78, 5) is 25.2. The van der Waals surface area contributed by atoms with Crippen molar-refractivity contribution >= 4 is 28.2 Å². The van der Waals surface area contributed by atoms with Crippen molar-refractivity contribution in [2.75, 3.05) is 6.61 Å². The molecule has 0 spiro atoms. The average Bonchev–Trinajstić information content (AvgIpc) is 3.34. The Morgan fingerprint density at radius 3 is 2.44 bits per heavy atom. The van der Waals surface area contributed by atoms with Crippen LogP contribution in [0.25, 0.3) is 33.4 Å². The summed E-state index contributed by atoms with van der Waals surface area (Å²) in [5.74, 6) is 0.0176. The number of hydrogen-bond donors (Lipinski definition) is 1. The maximum Gasteiger partial charge on any atom is 0.336 e. The summed E-state index contributed by atoms with van der Waals surface area (Å²) in [6.45, 7) is 2.51. The van der Waals surface area contributed by atoms with Gasteiger partial charge in [-0.15, -0.1) is 16.4 Å². The van der Waals surface area contributed by atoms with Gasteiger partial charge in [0, 0.05) is 29.4 Å². The molecule has 0 fully saturated rings. The molecule has 36 heavy (non-hydrogen) atoms. The second-order valence-electron chi connectivity index (χ2n) is 7.95. The highest BCUT2D eigenvalue weighted by molar-refractivity contribution is 7.07. The Morgan fingerprint density at radius 2 is 1.72 bits per heavy atom. The first-order chi connectivity index (χ1) is 17.6. The number of rotatable bonds is 7. The number of carbonyl (C=O) groups excluding carboxylic acids is 1. The Labute approximate surface area is 210 Å². The van der Waals surface area contributed by atoms with Gasteiger partial charge in [-0.25, -0.2) is 10.2 Å². The molecule has 0 saturated heterocycles. The van der Waals surface area contributed by atoms with Gasteiger partial charge in [-0.3, -0.25) is 4.79 Å². The lowest BCUT2D eigenvalue weighted by atomic mass is 10.0. The van der Waals surface area contributed by atoms with E-state index >= 15 is 0 Å². The van der Waals surface area contributed by atoms with Crippen molar-refractivity contribution < 1.29 is 13.9 Å². The van der Waals surface area contributed by atoms with Gasteiger partial charge in [0.2, 0.25) is 4.80 Å². The Balaban J connectivity index is 1.30. The van der Waals surface area contributed by atoms with E-state index in [0.717, 1.165) is 27.8 Å². The number of hydrogen-bond acceptors (Lipinski definition) is 6. The van der Waals surface area contributed by atoms with E-state index in [0.29, 0.717) is 22.7 Å². The van der Waals surface area contributed by atoms with Crippen LogP contribution in [0.5, 0.6) is 5.75 Å². The summed E-state index contributed by atoms with van der Waals surface area (Å²) in [7, 11) is 0. The summed E-state index contributed by atoms with van der Waals surface area (Å²) in [5.41, 5.74) is 6.32. The molecule has 0 atom stereocenters. The second kappa shape index (κ2) is 10.5. The summed E-state index contributed by atoms with van der Waals surface area (Å²) in [6.07, 6.45) is 0.